The molecule has 0 radical (unpaired) electrons. The highest BCUT2D eigenvalue weighted by Gasteiger charge is 2.34. The Labute approximate surface area is 113 Å². The van der Waals surface area contributed by atoms with E-state index in [9.17, 15) is 13.2 Å². The van der Waals surface area contributed by atoms with Gasteiger partial charge >= 0.3 is 6.18 Å². The van der Waals surface area contributed by atoms with Crippen LogP contribution < -0.4 is 0 Å². The van der Waals surface area contributed by atoms with Crippen molar-refractivity contribution in [2.24, 2.45) is 0 Å². The molecule has 2 heterocycles. The molecule has 2 aromatic heterocycles. The molecular formula is C15H11F3N2. The molecule has 0 bridgehead atoms. The Morgan fingerprint density at radius 1 is 1.05 bits per heavy atom. The van der Waals surface area contributed by atoms with Crippen molar-refractivity contribution in [2.45, 2.75) is 13.1 Å². The molecule has 0 atom stereocenters. The second-order valence-electron chi connectivity index (χ2n) is 4.63. The third-order valence-electron chi connectivity index (χ3n) is 3.15. The van der Waals surface area contributed by atoms with Crippen LogP contribution in [0.15, 0.2) is 48.8 Å². The molecule has 20 heavy (non-hydrogen) atoms. The smallest absolute Gasteiger partial charge is 0.300 e. The van der Waals surface area contributed by atoms with Crippen molar-refractivity contribution in [2.75, 3.05) is 0 Å². The minimum absolute atomic E-state index is 0.0885. The first kappa shape index (κ1) is 12.7. The molecule has 0 saturated carbocycles. The lowest BCUT2D eigenvalue weighted by Crippen LogP contribution is -2.08. The number of aryl methyl sites for hydroxylation is 1. The molecule has 0 amide bonds. The number of hydrogen-bond acceptors (Lipinski definition) is 1. The maximum atomic E-state index is 13.1. The van der Waals surface area contributed by atoms with E-state index in [-0.39, 0.29) is 5.56 Å². The van der Waals surface area contributed by atoms with Crippen LogP contribution in [0, 0.1) is 6.92 Å². The van der Waals surface area contributed by atoms with Gasteiger partial charge in [-0.25, -0.2) is 4.98 Å². The van der Waals surface area contributed by atoms with Crippen LogP contribution >= 0.6 is 0 Å². The van der Waals surface area contributed by atoms with Gasteiger partial charge in [0.05, 0.1) is 17.3 Å². The third kappa shape index (κ3) is 2.05. The van der Waals surface area contributed by atoms with Gasteiger partial charge in [-0.2, -0.15) is 13.2 Å². The highest BCUT2D eigenvalue weighted by Crippen LogP contribution is 2.36. The van der Waals surface area contributed by atoms with Crippen molar-refractivity contribution in [3.8, 4) is 11.4 Å². The quantitative estimate of drug-likeness (QED) is 0.646. The van der Waals surface area contributed by atoms with Gasteiger partial charge in [-0.05, 0) is 24.6 Å². The monoisotopic (exact) mass is 276 g/mol. The summed E-state index contributed by atoms with van der Waals surface area (Å²) in [5, 5.41) is 0. The van der Waals surface area contributed by atoms with E-state index in [2.05, 4.69) is 4.98 Å². The van der Waals surface area contributed by atoms with Gasteiger partial charge in [0.15, 0.2) is 0 Å². The number of benzene rings is 1. The van der Waals surface area contributed by atoms with Gasteiger partial charge in [-0.15, -0.1) is 0 Å². The number of rotatable bonds is 1. The summed E-state index contributed by atoms with van der Waals surface area (Å²) in [6.07, 6.45) is -1.04. The number of aromatic nitrogens is 2. The molecule has 0 unspecified atom stereocenters. The fourth-order valence-corrected chi connectivity index (χ4v) is 2.22. The van der Waals surface area contributed by atoms with Crippen molar-refractivity contribution < 1.29 is 13.2 Å². The van der Waals surface area contributed by atoms with Crippen LogP contribution in [-0.2, 0) is 6.18 Å². The van der Waals surface area contributed by atoms with Gasteiger partial charge in [0.1, 0.15) is 5.82 Å². The zero-order valence-corrected chi connectivity index (χ0v) is 10.6. The number of alkyl halides is 3. The number of pyridine rings is 1. The summed E-state index contributed by atoms with van der Waals surface area (Å²) in [6.45, 7) is 1.89. The van der Waals surface area contributed by atoms with Crippen LogP contribution in [0.4, 0.5) is 13.2 Å². The molecule has 0 spiro atoms. The molecule has 3 aromatic rings. The fourth-order valence-electron chi connectivity index (χ4n) is 2.22. The Morgan fingerprint density at radius 2 is 1.80 bits per heavy atom. The van der Waals surface area contributed by atoms with Crippen molar-refractivity contribution in [1.29, 1.82) is 0 Å². The SMILES string of the molecule is Cc1ccc2cnc(-c3ccccc3C(F)(F)F)n2c1. The molecule has 0 aliphatic rings. The normalized spacial score (nSPS) is 12.0. The average molecular weight is 276 g/mol. The number of fused-ring (bicyclic) bond motifs is 1. The summed E-state index contributed by atoms with van der Waals surface area (Å²) in [5.41, 5.74) is 1.14. The molecule has 3 rings (SSSR count). The average Bonchev–Trinajstić information content (AvgIpc) is 2.80. The molecular weight excluding hydrogens is 265 g/mol. The molecule has 0 aliphatic carbocycles. The van der Waals surface area contributed by atoms with E-state index < -0.39 is 11.7 Å². The molecule has 1 aromatic carbocycles. The van der Waals surface area contributed by atoms with Crippen LogP contribution in [0.1, 0.15) is 11.1 Å². The summed E-state index contributed by atoms with van der Waals surface area (Å²) in [7, 11) is 0. The van der Waals surface area contributed by atoms with Crippen LogP contribution in [0.2, 0.25) is 0 Å². The summed E-state index contributed by atoms with van der Waals surface area (Å²) in [5.74, 6) is 0.302. The summed E-state index contributed by atoms with van der Waals surface area (Å²) >= 11 is 0. The number of halogens is 3. The lowest BCUT2D eigenvalue weighted by molar-refractivity contribution is -0.137. The predicted octanol–water partition coefficient (Wildman–Crippen LogP) is 4.33. The molecule has 0 fully saturated rings. The topological polar surface area (TPSA) is 17.3 Å². The van der Waals surface area contributed by atoms with Gasteiger partial charge in [0.25, 0.3) is 0 Å². The first-order valence-electron chi connectivity index (χ1n) is 6.07. The van der Waals surface area contributed by atoms with Crippen LogP contribution in [-0.4, -0.2) is 9.38 Å². The van der Waals surface area contributed by atoms with E-state index in [1.54, 1.807) is 22.9 Å². The molecule has 0 saturated heterocycles. The minimum Gasteiger partial charge on any atom is -0.300 e. The van der Waals surface area contributed by atoms with E-state index in [1.165, 1.54) is 12.1 Å². The Kier molecular flexibility index (Phi) is 2.78. The fraction of sp³-hybridized carbons (Fsp3) is 0.133. The number of imidazole rings is 1. The lowest BCUT2D eigenvalue weighted by atomic mass is 10.1. The second kappa shape index (κ2) is 4.37. The van der Waals surface area contributed by atoms with Crippen molar-refractivity contribution in [3.05, 3.63) is 59.9 Å². The van der Waals surface area contributed by atoms with Crippen molar-refractivity contribution >= 4 is 5.52 Å². The van der Waals surface area contributed by atoms with Gasteiger partial charge in [-0.3, -0.25) is 4.40 Å². The molecule has 0 aliphatic heterocycles. The van der Waals surface area contributed by atoms with E-state index >= 15 is 0 Å². The second-order valence-corrected chi connectivity index (χ2v) is 4.63. The molecule has 5 heteroatoms. The third-order valence-corrected chi connectivity index (χ3v) is 3.15. The Hall–Kier alpha value is -2.30. The number of hydrogen-bond donors (Lipinski definition) is 0. The largest absolute Gasteiger partial charge is 0.417 e. The Bertz CT molecular complexity index is 772. The molecule has 0 N–H and O–H groups in total. The lowest BCUT2D eigenvalue weighted by Gasteiger charge is -2.12. The van der Waals surface area contributed by atoms with E-state index in [1.807, 2.05) is 19.1 Å². The van der Waals surface area contributed by atoms with Gasteiger partial charge < -0.3 is 0 Å². The van der Waals surface area contributed by atoms with Gasteiger partial charge in [0.2, 0.25) is 0 Å². The van der Waals surface area contributed by atoms with Crippen LogP contribution in [0.3, 0.4) is 0 Å². The standard InChI is InChI=1S/C15H11F3N2/c1-10-6-7-11-8-19-14(20(11)9-10)12-4-2-3-5-13(12)15(16,17)18/h2-9H,1H3. The number of nitrogens with zero attached hydrogens (tertiary/aromatic N) is 2. The highest BCUT2D eigenvalue weighted by molar-refractivity contribution is 5.66. The first-order valence-corrected chi connectivity index (χ1v) is 6.07. The van der Waals surface area contributed by atoms with E-state index in [4.69, 9.17) is 0 Å². The summed E-state index contributed by atoms with van der Waals surface area (Å²) in [6, 6.07) is 9.22. The van der Waals surface area contributed by atoms with E-state index in [0.717, 1.165) is 17.1 Å². The predicted molar refractivity (Wildman–Crippen MR) is 70.4 cm³/mol. The van der Waals surface area contributed by atoms with Crippen molar-refractivity contribution in [3.63, 3.8) is 0 Å². The highest BCUT2D eigenvalue weighted by atomic mass is 19.4. The molecule has 102 valence electrons. The summed E-state index contributed by atoms with van der Waals surface area (Å²) in [4.78, 5) is 4.14. The van der Waals surface area contributed by atoms with Gasteiger partial charge in [0, 0.05) is 11.8 Å². The first-order chi connectivity index (χ1) is 9.47. The Balaban J connectivity index is 2.29. The molecule has 2 nitrogen and oxygen atoms in total. The van der Waals surface area contributed by atoms with Crippen LogP contribution in [0.5, 0.6) is 0 Å². The Morgan fingerprint density at radius 3 is 2.55 bits per heavy atom. The van der Waals surface area contributed by atoms with Gasteiger partial charge in [-0.1, -0.05) is 24.3 Å². The maximum absolute atomic E-state index is 13.1. The van der Waals surface area contributed by atoms with Crippen molar-refractivity contribution in [1.82, 2.24) is 9.38 Å². The minimum atomic E-state index is -4.40. The zero-order chi connectivity index (χ0) is 14.3. The van der Waals surface area contributed by atoms with Crippen LogP contribution in [0.25, 0.3) is 16.9 Å². The zero-order valence-electron chi connectivity index (χ0n) is 10.6. The maximum Gasteiger partial charge on any atom is 0.417 e. The summed E-state index contributed by atoms with van der Waals surface area (Å²) < 4.78 is 40.9. The van der Waals surface area contributed by atoms with E-state index in [0.29, 0.717) is 5.82 Å².